The number of halogens is 4. The quantitative estimate of drug-likeness (QED) is 0.317. The van der Waals surface area contributed by atoms with E-state index in [0.717, 1.165) is 16.7 Å². The Morgan fingerprint density at radius 3 is 1.86 bits per heavy atom. The van der Waals surface area contributed by atoms with E-state index in [1.54, 1.807) is 42.5 Å². The van der Waals surface area contributed by atoms with Gasteiger partial charge in [-0.2, -0.15) is 0 Å². The molecule has 0 spiro atoms. The highest BCUT2D eigenvalue weighted by atomic mass is 35.5. The summed E-state index contributed by atoms with van der Waals surface area (Å²) >= 11 is 12.1. The molecule has 3 aromatic carbocycles. The van der Waals surface area contributed by atoms with Crippen LogP contribution in [0, 0.1) is 11.6 Å². The van der Waals surface area contributed by atoms with Gasteiger partial charge in [-0.1, -0.05) is 53.5 Å². The van der Waals surface area contributed by atoms with Crippen LogP contribution in [0.5, 0.6) is 0 Å². The molecule has 0 saturated heterocycles. The fourth-order valence-electron chi connectivity index (χ4n) is 3.87. The van der Waals surface area contributed by atoms with Gasteiger partial charge in [0.25, 0.3) is 0 Å². The molecule has 1 amide bonds. The van der Waals surface area contributed by atoms with Crippen LogP contribution in [0.25, 0.3) is 0 Å². The van der Waals surface area contributed by atoms with Crippen molar-refractivity contribution in [3.63, 3.8) is 0 Å². The zero-order chi connectivity index (χ0) is 25.2. The van der Waals surface area contributed by atoms with Crippen molar-refractivity contribution >= 4 is 29.1 Å². The van der Waals surface area contributed by atoms with Crippen molar-refractivity contribution in [1.82, 2.24) is 16.0 Å². The Bertz CT molecular complexity index is 1090. The molecule has 3 aromatic rings. The van der Waals surface area contributed by atoms with Gasteiger partial charge in [0, 0.05) is 25.2 Å². The van der Waals surface area contributed by atoms with E-state index in [-0.39, 0.29) is 36.0 Å². The molecule has 4 nitrogen and oxygen atoms in total. The number of rotatable bonds is 12. The Morgan fingerprint density at radius 2 is 1.31 bits per heavy atom. The topological polar surface area (TPSA) is 53.2 Å². The smallest absolute Gasteiger partial charge is 0.224 e. The molecule has 0 aliphatic rings. The molecular formula is C27H29Cl2F2N3O. The summed E-state index contributed by atoms with van der Waals surface area (Å²) in [6, 6.07) is 17.7. The molecule has 0 unspecified atom stereocenters. The maximum Gasteiger partial charge on any atom is 0.224 e. The largest absolute Gasteiger partial charge is 0.351 e. The lowest BCUT2D eigenvalue weighted by molar-refractivity contribution is -0.121. The van der Waals surface area contributed by atoms with Crippen molar-refractivity contribution in [2.45, 2.75) is 31.3 Å². The van der Waals surface area contributed by atoms with E-state index < -0.39 is 0 Å². The summed E-state index contributed by atoms with van der Waals surface area (Å²) in [4.78, 5) is 12.8. The van der Waals surface area contributed by atoms with Crippen LogP contribution in [0.1, 0.15) is 16.7 Å². The predicted octanol–water partition coefficient (Wildman–Crippen LogP) is 4.96. The Kier molecular flexibility index (Phi) is 10.5. The number of hydrogen-bond donors (Lipinski definition) is 3. The molecule has 3 N–H and O–H groups in total. The Hall–Kier alpha value is -2.51. The van der Waals surface area contributed by atoms with Crippen LogP contribution < -0.4 is 16.0 Å². The molecule has 0 saturated carbocycles. The second-order valence-corrected chi connectivity index (χ2v) is 9.33. The van der Waals surface area contributed by atoms with E-state index in [4.69, 9.17) is 23.2 Å². The molecule has 0 aromatic heterocycles. The third-order valence-electron chi connectivity index (χ3n) is 5.61. The van der Waals surface area contributed by atoms with E-state index in [9.17, 15) is 13.6 Å². The van der Waals surface area contributed by atoms with Crippen molar-refractivity contribution in [2.24, 2.45) is 0 Å². The number of benzene rings is 3. The first kappa shape index (κ1) is 27.1. The Morgan fingerprint density at radius 1 is 0.771 bits per heavy atom. The molecule has 35 heavy (non-hydrogen) atoms. The van der Waals surface area contributed by atoms with Crippen molar-refractivity contribution in [1.29, 1.82) is 0 Å². The van der Waals surface area contributed by atoms with Crippen LogP contribution >= 0.6 is 23.2 Å². The normalized spacial score (nSPS) is 12.8. The van der Waals surface area contributed by atoms with Crippen LogP contribution in [-0.4, -0.2) is 38.1 Å². The SMILES string of the molecule is CNC[C@@H](Cc1ccc(F)cc1)NC[C@@H](Cc1ccc(F)cc1)NC(=O)Cc1ccc(Cl)c(Cl)c1. The van der Waals surface area contributed by atoms with Crippen molar-refractivity contribution in [3.8, 4) is 0 Å². The summed E-state index contributed by atoms with van der Waals surface area (Å²) in [5, 5.41) is 10.6. The zero-order valence-corrected chi connectivity index (χ0v) is 21.0. The second-order valence-electron chi connectivity index (χ2n) is 8.51. The molecule has 186 valence electrons. The van der Waals surface area contributed by atoms with Crippen LogP contribution in [0.15, 0.2) is 66.7 Å². The van der Waals surface area contributed by atoms with Gasteiger partial charge in [0.1, 0.15) is 11.6 Å². The summed E-state index contributed by atoms with van der Waals surface area (Å²) < 4.78 is 26.6. The number of carbonyl (C=O) groups is 1. The minimum atomic E-state index is -0.305. The minimum Gasteiger partial charge on any atom is -0.351 e. The minimum absolute atomic E-state index is 0.0631. The molecule has 0 radical (unpaired) electrons. The van der Waals surface area contributed by atoms with Gasteiger partial charge < -0.3 is 16.0 Å². The first-order chi connectivity index (χ1) is 16.8. The molecule has 0 aliphatic carbocycles. The van der Waals surface area contributed by atoms with Gasteiger partial charge in [-0.15, -0.1) is 0 Å². The standard InChI is InChI=1S/C27H29Cl2F2N3O/c1-32-16-23(12-18-2-7-21(30)8-3-18)33-17-24(13-19-4-9-22(31)10-5-19)34-27(35)15-20-6-11-25(28)26(29)14-20/h2-11,14,23-24,32-33H,12-13,15-17H2,1H3,(H,34,35)/t23-,24-/m1/s1. The number of amides is 1. The lowest BCUT2D eigenvalue weighted by Crippen LogP contribution is -2.49. The summed E-state index contributed by atoms with van der Waals surface area (Å²) in [6.07, 6.45) is 1.39. The summed E-state index contributed by atoms with van der Waals surface area (Å²) in [7, 11) is 1.87. The lowest BCUT2D eigenvalue weighted by Gasteiger charge is -2.24. The van der Waals surface area contributed by atoms with Crippen molar-refractivity contribution < 1.29 is 13.6 Å². The maximum atomic E-state index is 13.4. The van der Waals surface area contributed by atoms with E-state index in [2.05, 4.69) is 16.0 Å². The Labute approximate surface area is 215 Å². The molecular weight excluding hydrogens is 491 g/mol. The van der Waals surface area contributed by atoms with Gasteiger partial charge >= 0.3 is 0 Å². The van der Waals surface area contributed by atoms with Crippen LogP contribution in [0.4, 0.5) is 8.78 Å². The third-order valence-corrected chi connectivity index (χ3v) is 6.35. The maximum absolute atomic E-state index is 13.4. The first-order valence-corrected chi connectivity index (χ1v) is 12.2. The van der Waals surface area contributed by atoms with E-state index in [1.807, 2.05) is 7.05 Å². The molecule has 0 heterocycles. The number of nitrogens with one attached hydrogen (secondary N) is 3. The average Bonchev–Trinajstić information content (AvgIpc) is 2.82. The molecule has 0 aliphatic heterocycles. The highest BCUT2D eigenvalue weighted by Crippen LogP contribution is 2.22. The van der Waals surface area contributed by atoms with Crippen molar-refractivity contribution in [3.05, 3.63) is 105 Å². The van der Waals surface area contributed by atoms with Gasteiger partial charge in [-0.3, -0.25) is 4.79 Å². The lowest BCUT2D eigenvalue weighted by atomic mass is 10.0. The number of carbonyl (C=O) groups excluding carboxylic acids is 1. The highest BCUT2D eigenvalue weighted by molar-refractivity contribution is 6.42. The Balaban J connectivity index is 1.67. The second kappa shape index (κ2) is 13.5. The number of likely N-dealkylation sites (N-methyl/N-ethyl adjacent to an activating group) is 1. The van der Waals surface area contributed by atoms with Crippen LogP contribution in [-0.2, 0) is 24.1 Å². The molecule has 3 rings (SSSR count). The average molecular weight is 520 g/mol. The van der Waals surface area contributed by atoms with Crippen LogP contribution in [0.2, 0.25) is 10.0 Å². The fourth-order valence-corrected chi connectivity index (χ4v) is 4.19. The molecule has 2 atom stereocenters. The van der Waals surface area contributed by atoms with Crippen LogP contribution in [0.3, 0.4) is 0 Å². The van der Waals surface area contributed by atoms with E-state index in [0.29, 0.717) is 36.0 Å². The molecule has 0 fully saturated rings. The van der Waals surface area contributed by atoms with Gasteiger partial charge in [0.15, 0.2) is 0 Å². The predicted molar refractivity (Wildman–Crippen MR) is 138 cm³/mol. The first-order valence-electron chi connectivity index (χ1n) is 11.4. The highest BCUT2D eigenvalue weighted by Gasteiger charge is 2.17. The zero-order valence-electron chi connectivity index (χ0n) is 19.5. The van der Waals surface area contributed by atoms with Gasteiger partial charge in [-0.05, 0) is 73.0 Å². The fraction of sp³-hybridized carbons (Fsp3) is 0.296. The van der Waals surface area contributed by atoms with Gasteiger partial charge in [0.2, 0.25) is 5.91 Å². The summed E-state index contributed by atoms with van der Waals surface area (Å²) in [6.45, 7) is 1.19. The van der Waals surface area contributed by atoms with Gasteiger partial charge in [-0.25, -0.2) is 8.78 Å². The van der Waals surface area contributed by atoms with E-state index in [1.165, 1.54) is 24.3 Å². The molecule has 8 heteroatoms. The molecule has 0 bridgehead atoms. The monoisotopic (exact) mass is 519 g/mol. The number of hydrogen-bond acceptors (Lipinski definition) is 3. The van der Waals surface area contributed by atoms with Crippen molar-refractivity contribution in [2.75, 3.05) is 20.1 Å². The third kappa shape index (κ3) is 9.22. The summed E-state index contributed by atoms with van der Waals surface area (Å²) in [5.74, 6) is -0.725. The summed E-state index contributed by atoms with van der Waals surface area (Å²) in [5.41, 5.74) is 2.68. The van der Waals surface area contributed by atoms with E-state index >= 15 is 0 Å². The van der Waals surface area contributed by atoms with Gasteiger partial charge in [0.05, 0.1) is 16.5 Å².